The Morgan fingerprint density at radius 3 is 2.18 bits per heavy atom. The number of hydrogen-bond acceptors (Lipinski definition) is 8. The minimum absolute atomic E-state index is 0.0530. The first kappa shape index (κ1) is 26.8. The van der Waals surface area contributed by atoms with Crippen LogP contribution in [-0.2, 0) is 15.9 Å². The predicted octanol–water partition coefficient (Wildman–Crippen LogP) is 4.98. The van der Waals surface area contributed by atoms with E-state index in [0.717, 1.165) is 22.3 Å². The number of rotatable bonds is 8. The summed E-state index contributed by atoms with van der Waals surface area (Å²) in [6.45, 7) is 6.24. The van der Waals surface area contributed by atoms with Crippen molar-refractivity contribution in [3.63, 3.8) is 0 Å². The van der Waals surface area contributed by atoms with Crippen LogP contribution in [0.4, 0.5) is 4.79 Å². The lowest BCUT2D eigenvalue weighted by molar-refractivity contribution is 0.0508. The lowest BCUT2D eigenvalue weighted by Crippen LogP contribution is -2.20. The van der Waals surface area contributed by atoms with E-state index in [1.54, 1.807) is 27.4 Å². The predicted molar refractivity (Wildman–Crippen MR) is 130 cm³/mol. The molecule has 0 fully saturated rings. The molecule has 186 valence electrons. The van der Waals surface area contributed by atoms with Gasteiger partial charge in [-0.05, 0) is 47.7 Å². The van der Waals surface area contributed by atoms with Crippen LogP contribution in [0.5, 0.6) is 23.0 Å². The summed E-state index contributed by atoms with van der Waals surface area (Å²) in [5, 5.41) is 0. The second kappa shape index (κ2) is 12.7. The van der Waals surface area contributed by atoms with E-state index in [2.05, 4.69) is 0 Å². The molecule has 3 rings (SSSR count). The molecule has 8 nitrogen and oxygen atoms in total. The smallest absolute Gasteiger partial charge is 0.493 e. The topological polar surface area (TPSA) is 89.5 Å². The number of carbonyl (C=O) groups excluding carboxylic acids is 1. The average Bonchev–Trinajstić information content (AvgIpc) is 3.03. The third kappa shape index (κ3) is 5.55. The lowest BCUT2D eigenvalue weighted by atomic mass is 9.79. The normalized spacial score (nSPS) is 13.3. The first-order chi connectivity index (χ1) is 16.5. The van der Waals surface area contributed by atoms with Crippen molar-refractivity contribution in [1.29, 1.82) is 0 Å². The highest BCUT2D eigenvalue weighted by atomic mass is 16.7. The Morgan fingerprint density at radius 2 is 1.59 bits per heavy atom. The molecule has 1 aliphatic rings. The van der Waals surface area contributed by atoms with Gasteiger partial charge in [0.2, 0.25) is 11.2 Å². The molecule has 0 aromatic heterocycles. The largest absolute Gasteiger partial charge is 0.508 e. The van der Waals surface area contributed by atoms with Crippen LogP contribution >= 0.6 is 0 Å². The Kier molecular flexibility index (Phi) is 10.0. The van der Waals surface area contributed by atoms with Gasteiger partial charge in [0.1, 0.15) is 6.61 Å². The molecule has 0 aliphatic heterocycles. The number of hydrogen-bond donors (Lipinski definition) is 0. The van der Waals surface area contributed by atoms with Crippen molar-refractivity contribution in [2.24, 2.45) is 0 Å². The fourth-order valence-corrected chi connectivity index (χ4v) is 3.94. The molecule has 0 heterocycles. The molecule has 0 spiro atoms. The van der Waals surface area contributed by atoms with Crippen molar-refractivity contribution < 1.29 is 33.2 Å². The van der Waals surface area contributed by atoms with Gasteiger partial charge in [-0.1, -0.05) is 26.8 Å². The average molecular weight is 475 g/mol. The Hall–Kier alpha value is -3.42. The zero-order valence-corrected chi connectivity index (χ0v) is 21.0. The van der Waals surface area contributed by atoms with Crippen molar-refractivity contribution in [1.82, 2.24) is 0 Å². The van der Waals surface area contributed by atoms with Gasteiger partial charge in [0, 0.05) is 11.5 Å². The highest BCUT2D eigenvalue weighted by molar-refractivity contribution is 5.83. The summed E-state index contributed by atoms with van der Waals surface area (Å²) in [6.07, 6.45) is 0.460. The van der Waals surface area contributed by atoms with Crippen LogP contribution in [-0.4, -0.2) is 47.8 Å². The van der Waals surface area contributed by atoms with Crippen LogP contribution in [0, 0.1) is 0 Å². The molecule has 0 bridgehead atoms. The zero-order valence-electron chi connectivity index (χ0n) is 21.0. The number of benzene rings is 1. The molecule has 0 saturated heterocycles. The maximum Gasteiger partial charge on any atom is 0.508 e. The first-order valence-electron chi connectivity index (χ1n) is 11.3. The fraction of sp³-hybridized carbons (Fsp3) is 0.462. The number of methoxy groups -OCH3 is 4. The van der Waals surface area contributed by atoms with E-state index >= 15 is 0 Å². The van der Waals surface area contributed by atoms with E-state index in [4.69, 9.17) is 28.4 Å². The Bertz CT molecular complexity index is 1050. The highest BCUT2D eigenvalue weighted by Gasteiger charge is 2.32. The summed E-state index contributed by atoms with van der Waals surface area (Å²) in [7, 11) is 6.10. The quantitative estimate of drug-likeness (QED) is 0.495. The molecule has 1 atom stereocenters. The molecule has 8 heteroatoms. The van der Waals surface area contributed by atoms with Gasteiger partial charge in [0.25, 0.3) is 0 Å². The molecule has 0 N–H and O–H groups in total. The van der Waals surface area contributed by atoms with E-state index < -0.39 is 6.16 Å². The molecule has 2 aromatic carbocycles. The van der Waals surface area contributed by atoms with E-state index in [1.165, 1.54) is 13.2 Å². The van der Waals surface area contributed by atoms with Crippen molar-refractivity contribution in [2.45, 2.75) is 39.5 Å². The first-order valence-corrected chi connectivity index (χ1v) is 11.3. The summed E-state index contributed by atoms with van der Waals surface area (Å²) in [6, 6.07) is 6.84. The third-order valence-electron chi connectivity index (χ3n) is 5.38. The lowest BCUT2D eigenvalue weighted by Gasteiger charge is -2.29. The van der Waals surface area contributed by atoms with Crippen molar-refractivity contribution in [3.05, 3.63) is 45.6 Å². The SMILES string of the molecule is CC.CCCOC(=O)OC[C@H]1Cc2cc(OC)c(OC)c(OC)c2-c2ccc(OC)c(=O)cc21. The molecular weight excluding hydrogens is 440 g/mol. The molecule has 0 unspecified atom stereocenters. The summed E-state index contributed by atoms with van der Waals surface area (Å²) in [4.78, 5) is 24.6. The van der Waals surface area contributed by atoms with Gasteiger partial charge in [-0.15, -0.1) is 0 Å². The van der Waals surface area contributed by atoms with Crippen LogP contribution < -0.4 is 24.4 Å². The van der Waals surface area contributed by atoms with E-state index in [9.17, 15) is 9.59 Å². The van der Waals surface area contributed by atoms with E-state index in [0.29, 0.717) is 30.1 Å². The second-order valence-electron chi connectivity index (χ2n) is 7.27. The molecule has 0 amide bonds. The minimum atomic E-state index is -0.732. The summed E-state index contributed by atoms with van der Waals surface area (Å²) < 4.78 is 32.4. The maximum atomic E-state index is 12.7. The van der Waals surface area contributed by atoms with Crippen LogP contribution in [0.15, 0.2) is 29.1 Å². The monoisotopic (exact) mass is 474 g/mol. The van der Waals surface area contributed by atoms with Crippen molar-refractivity contribution in [2.75, 3.05) is 41.7 Å². The Labute approximate surface area is 200 Å². The van der Waals surface area contributed by atoms with Gasteiger partial charge in [0.05, 0.1) is 35.0 Å². The van der Waals surface area contributed by atoms with Crippen molar-refractivity contribution >= 4 is 6.16 Å². The van der Waals surface area contributed by atoms with Gasteiger partial charge in [-0.2, -0.15) is 0 Å². The fourth-order valence-electron chi connectivity index (χ4n) is 3.94. The van der Waals surface area contributed by atoms with E-state index in [1.807, 2.05) is 32.9 Å². The van der Waals surface area contributed by atoms with Crippen LogP contribution in [0.1, 0.15) is 44.2 Å². The number of fused-ring (bicyclic) bond motifs is 3. The Balaban J connectivity index is 0.00000199. The summed E-state index contributed by atoms with van der Waals surface area (Å²) in [5.41, 5.74) is 2.93. The van der Waals surface area contributed by atoms with Crippen LogP contribution in [0.2, 0.25) is 0 Å². The third-order valence-corrected chi connectivity index (χ3v) is 5.38. The standard InChI is InChI=1S/C24H28O8.C2H6/c1-6-9-31-24(26)32-13-15-10-14-11-20(28-3)22(29-4)23(30-5)21(14)16-7-8-19(27-2)18(25)12-17(15)16;1-2/h7-8,11-12,15H,6,9-10,13H2,1-5H3;1-2H3/t15-;/m1./s1. The van der Waals surface area contributed by atoms with Crippen LogP contribution in [0.3, 0.4) is 0 Å². The van der Waals surface area contributed by atoms with Gasteiger partial charge in [-0.3, -0.25) is 4.79 Å². The number of carbonyl (C=O) groups is 1. The minimum Gasteiger partial charge on any atom is -0.493 e. The second-order valence-corrected chi connectivity index (χ2v) is 7.27. The maximum absolute atomic E-state index is 12.7. The summed E-state index contributed by atoms with van der Waals surface area (Å²) in [5.74, 6) is 1.42. The summed E-state index contributed by atoms with van der Waals surface area (Å²) >= 11 is 0. The molecule has 0 saturated carbocycles. The molecule has 0 radical (unpaired) electrons. The van der Waals surface area contributed by atoms with Crippen LogP contribution in [0.25, 0.3) is 11.1 Å². The molecule has 1 aliphatic carbocycles. The van der Waals surface area contributed by atoms with Gasteiger partial charge in [0.15, 0.2) is 17.2 Å². The van der Waals surface area contributed by atoms with Gasteiger partial charge < -0.3 is 28.4 Å². The molecular formula is C26H34O8. The van der Waals surface area contributed by atoms with Crippen molar-refractivity contribution in [3.8, 4) is 34.1 Å². The van der Waals surface area contributed by atoms with Gasteiger partial charge >= 0.3 is 6.16 Å². The zero-order chi connectivity index (χ0) is 25.3. The van der Waals surface area contributed by atoms with Gasteiger partial charge in [-0.25, -0.2) is 4.79 Å². The Morgan fingerprint density at radius 1 is 0.912 bits per heavy atom. The number of ether oxygens (including phenoxy) is 6. The van der Waals surface area contributed by atoms with E-state index in [-0.39, 0.29) is 30.3 Å². The highest BCUT2D eigenvalue weighted by Crippen LogP contribution is 2.51. The molecule has 2 aromatic rings. The molecule has 34 heavy (non-hydrogen) atoms.